The Balaban J connectivity index is 0.000000197. The molecule has 0 amide bonds. The first-order valence-electron chi connectivity index (χ1n) is 24.9. The van der Waals surface area contributed by atoms with Crippen LogP contribution in [0.5, 0.6) is 11.5 Å². The van der Waals surface area contributed by atoms with Gasteiger partial charge in [-0.15, -0.1) is 25.2 Å². The lowest BCUT2D eigenvalue weighted by Gasteiger charge is -2.35. The normalized spacial score (nSPS) is 13.1. The number of halogens is 1. The number of azo groups is 1. The smallest absolute Gasteiger partial charge is 0.417 e. The fourth-order valence-electron chi connectivity index (χ4n) is 10.7. The van der Waals surface area contributed by atoms with Gasteiger partial charge in [0, 0.05) is 34.1 Å². The molecule has 3 heterocycles. The molecule has 9 aromatic rings. The maximum atomic E-state index is 11.7. The molecule has 4 N–H and O–H groups in total. The second-order valence-corrected chi connectivity index (χ2v) is 24.8. The number of aromatic nitrogens is 5. The molecular formula is C60H68ClN7O6. The van der Waals surface area contributed by atoms with Crippen molar-refractivity contribution in [3.8, 4) is 17.2 Å². The minimum absolute atomic E-state index is 0.0679. The Bertz CT molecular complexity index is 3620. The summed E-state index contributed by atoms with van der Waals surface area (Å²) in [6.07, 6.45) is 1.88. The fraction of sp³-hybridized carbons (Fsp3) is 0.367. The van der Waals surface area contributed by atoms with Crippen LogP contribution in [0.1, 0.15) is 143 Å². The molecule has 0 saturated heterocycles. The summed E-state index contributed by atoms with van der Waals surface area (Å²) in [6, 6.07) is 35.0. The van der Waals surface area contributed by atoms with Gasteiger partial charge in [-0.25, -0.2) is 9.59 Å². The average molecular weight is 1020 g/mol. The fourth-order valence-corrected chi connectivity index (χ4v) is 10.9. The molecular weight excluding hydrogens is 950 g/mol. The van der Waals surface area contributed by atoms with Crippen molar-refractivity contribution in [2.45, 2.75) is 131 Å². The maximum Gasteiger partial charge on any atom is 0.417 e. The molecule has 3 aromatic heterocycles. The quantitative estimate of drug-likeness (QED) is 0.0921. The van der Waals surface area contributed by atoms with Gasteiger partial charge in [-0.3, -0.25) is 9.97 Å². The molecule has 9 rings (SSSR count). The first kappa shape index (κ1) is 53.1. The van der Waals surface area contributed by atoms with Crippen molar-refractivity contribution < 1.29 is 19.0 Å². The highest BCUT2D eigenvalue weighted by Gasteiger charge is 2.35. The number of H-pyrrole nitrogens is 2. The summed E-state index contributed by atoms with van der Waals surface area (Å²) in [5, 5.41) is 41.6. The zero-order valence-corrected chi connectivity index (χ0v) is 45.7. The van der Waals surface area contributed by atoms with Gasteiger partial charge in [-0.05, 0) is 81.0 Å². The number of fused-ring (bicyclic) bond motifs is 3. The predicted octanol–water partition coefficient (Wildman–Crippen LogP) is 15.5. The Morgan fingerprint density at radius 3 is 1.46 bits per heavy atom. The summed E-state index contributed by atoms with van der Waals surface area (Å²) in [6.45, 7) is 30.7. The molecule has 13 nitrogen and oxygen atoms in total. The standard InChI is InChI=1S/C30H34ClN3O3.C30H34N4O3/c1-28(2,3)17-29(4,5)19-13-20(30(6,7)18-11-9-8-10-12-18)26(35)24(14-19)34-33-22-16-25-23(15-21(22)31)32-27(36)37-25;1-28(2,3)17-29(4,5)19-13-20(30(6,7)18-11-9-8-10-12-18)26(35)24(14-19)34-32-21-15-23-25(16-22(21)33-34)37-27(36)31-23/h8-16,35H,17H2,1-7H3,(H,32,36);8-16,35H,17H2,1-7H3,(H,31,36). The SMILES string of the molecule is CC(C)(C)CC(C)(C)c1cc(-n2nc3cc4[nH]c(=O)oc4cc3n2)c(O)c(C(C)(C)c2ccccc2)c1.CC(C)(C)CC(C)(C)c1cc(N=Nc2cc3oc(=O)[nH]c3cc2Cl)c(O)c(C(C)(C)c2ccccc2)c1. The Morgan fingerprint density at radius 2 is 0.959 bits per heavy atom. The molecule has 0 atom stereocenters. The third-order valence-electron chi connectivity index (χ3n) is 13.9. The van der Waals surface area contributed by atoms with Crippen molar-refractivity contribution in [1.29, 1.82) is 0 Å². The van der Waals surface area contributed by atoms with Crippen molar-refractivity contribution in [1.82, 2.24) is 25.0 Å². The summed E-state index contributed by atoms with van der Waals surface area (Å²) in [7, 11) is 0. The van der Waals surface area contributed by atoms with Crippen LogP contribution >= 0.6 is 11.6 Å². The van der Waals surface area contributed by atoms with Crippen molar-refractivity contribution in [2.24, 2.45) is 21.1 Å². The van der Waals surface area contributed by atoms with Gasteiger partial charge in [0.25, 0.3) is 0 Å². The van der Waals surface area contributed by atoms with E-state index >= 15 is 0 Å². The van der Waals surface area contributed by atoms with Gasteiger partial charge < -0.3 is 19.0 Å². The molecule has 386 valence electrons. The van der Waals surface area contributed by atoms with Crippen molar-refractivity contribution in [3.05, 3.63) is 169 Å². The molecule has 0 bridgehead atoms. The summed E-state index contributed by atoms with van der Waals surface area (Å²) in [5.74, 6) is -0.881. The summed E-state index contributed by atoms with van der Waals surface area (Å²) in [5.41, 5.74) is 8.95. The number of phenols is 2. The molecule has 0 radical (unpaired) electrons. The van der Waals surface area contributed by atoms with Crippen LogP contribution in [0.4, 0.5) is 11.4 Å². The van der Waals surface area contributed by atoms with Crippen molar-refractivity contribution in [3.63, 3.8) is 0 Å². The summed E-state index contributed by atoms with van der Waals surface area (Å²) < 4.78 is 10.3. The molecule has 0 aliphatic heterocycles. The third-order valence-corrected chi connectivity index (χ3v) is 14.2. The highest BCUT2D eigenvalue weighted by atomic mass is 35.5. The van der Waals surface area contributed by atoms with E-state index in [0.29, 0.717) is 55.3 Å². The Morgan fingerprint density at radius 1 is 0.527 bits per heavy atom. The number of nitrogens with zero attached hydrogens (tertiary/aromatic N) is 5. The van der Waals surface area contributed by atoms with Crippen LogP contribution in [0.2, 0.25) is 5.02 Å². The van der Waals surface area contributed by atoms with Crippen LogP contribution in [0.15, 0.2) is 138 Å². The molecule has 14 heteroatoms. The second-order valence-electron chi connectivity index (χ2n) is 24.4. The zero-order valence-electron chi connectivity index (χ0n) is 44.9. The number of nitrogens with one attached hydrogen (secondary N) is 2. The lowest BCUT2D eigenvalue weighted by Crippen LogP contribution is -2.27. The monoisotopic (exact) mass is 1020 g/mol. The van der Waals surface area contributed by atoms with E-state index < -0.39 is 22.3 Å². The number of aromatic amines is 2. The van der Waals surface area contributed by atoms with Gasteiger partial charge in [-0.1, -0.05) is 181 Å². The van der Waals surface area contributed by atoms with E-state index in [2.05, 4.69) is 164 Å². The lowest BCUT2D eigenvalue weighted by atomic mass is 9.70. The summed E-state index contributed by atoms with van der Waals surface area (Å²) >= 11 is 6.40. The first-order chi connectivity index (χ1) is 34.4. The van der Waals surface area contributed by atoms with Crippen LogP contribution in [-0.2, 0) is 21.7 Å². The highest BCUT2D eigenvalue weighted by molar-refractivity contribution is 6.33. The number of hydrogen-bond donors (Lipinski definition) is 4. The van der Waals surface area contributed by atoms with Gasteiger partial charge in [0.1, 0.15) is 39.6 Å². The van der Waals surface area contributed by atoms with E-state index in [9.17, 15) is 19.8 Å². The molecule has 0 saturated carbocycles. The van der Waals surface area contributed by atoms with Crippen LogP contribution in [-0.4, -0.2) is 35.2 Å². The number of rotatable bonds is 11. The van der Waals surface area contributed by atoms with E-state index in [-0.39, 0.29) is 33.2 Å². The Kier molecular flexibility index (Phi) is 13.8. The maximum absolute atomic E-state index is 11.7. The molecule has 0 aliphatic rings. The van der Waals surface area contributed by atoms with Crippen LogP contribution in [0, 0.1) is 10.8 Å². The van der Waals surface area contributed by atoms with E-state index in [0.717, 1.165) is 46.2 Å². The Labute approximate surface area is 436 Å². The Hall–Kier alpha value is -7.25. The van der Waals surface area contributed by atoms with Crippen LogP contribution in [0.25, 0.3) is 38.9 Å². The minimum atomic E-state index is -0.570. The largest absolute Gasteiger partial charge is 0.505 e. The van der Waals surface area contributed by atoms with E-state index in [1.54, 1.807) is 24.3 Å². The number of oxazole rings is 2. The second kappa shape index (κ2) is 19.2. The molecule has 6 aromatic carbocycles. The lowest BCUT2D eigenvalue weighted by molar-refractivity contribution is 0.283. The van der Waals surface area contributed by atoms with E-state index in [1.165, 1.54) is 4.80 Å². The molecule has 74 heavy (non-hydrogen) atoms. The van der Waals surface area contributed by atoms with E-state index in [4.69, 9.17) is 20.4 Å². The van der Waals surface area contributed by atoms with Crippen molar-refractivity contribution >= 4 is 56.2 Å². The van der Waals surface area contributed by atoms with Crippen LogP contribution < -0.4 is 11.5 Å². The summed E-state index contributed by atoms with van der Waals surface area (Å²) in [4.78, 5) is 29.9. The highest BCUT2D eigenvalue weighted by Crippen LogP contribution is 2.48. The van der Waals surface area contributed by atoms with Gasteiger partial charge in [0.05, 0.1) is 16.1 Å². The zero-order chi connectivity index (χ0) is 53.9. The predicted molar refractivity (Wildman–Crippen MR) is 296 cm³/mol. The molecule has 0 aliphatic carbocycles. The molecule has 0 unspecified atom stereocenters. The van der Waals surface area contributed by atoms with Gasteiger partial charge in [0.2, 0.25) is 0 Å². The molecule has 0 fully saturated rings. The van der Waals surface area contributed by atoms with Crippen LogP contribution in [0.3, 0.4) is 0 Å². The van der Waals surface area contributed by atoms with E-state index in [1.807, 2.05) is 48.5 Å². The third kappa shape index (κ3) is 11.1. The van der Waals surface area contributed by atoms with Gasteiger partial charge in [-0.2, -0.15) is 0 Å². The number of hydrogen-bond acceptors (Lipinski definition) is 10. The average Bonchev–Trinajstić information content (AvgIpc) is 4.00. The topological polar surface area (TPSA) is 188 Å². The molecule has 0 spiro atoms. The van der Waals surface area contributed by atoms with Gasteiger partial charge >= 0.3 is 11.5 Å². The number of aromatic hydroxyl groups is 2. The number of benzene rings is 6. The number of phenolic OH excluding ortho intramolecular Hbond substituents is 2. The first-order valence-corrected chi connectivity index (χ1v) is 25.3. The van der Waals surface area contributed by atoms with Gasteiger partial charge in [0.15, 0.2) is 11.2 Å². The van der Waals surface area contributed by atoms with Crippen molar-refractivity contribution in [2.75, 3.05) is 0 Å². The minimum Gasteiger partial charge on any atom is -0.505 e.